The number of likely N-dealkylation sites (N-methyl/N-ethyl adjacent to an activating group) is 1. The van der Waals surface area contributed by atoms with Crippen molar-refractivity contribution in [2.45, 2.75) is 31.3 Å². The van der Waals surface area contributed by atoms with E-state index in [0.717, 1.165) is 24.9 Å². The predicted octanol–water partition coefficient (Wildman–Crippen LogP) is 0.981. The Labute approximate surface area is 125 Å². The van der Waals surface area contributed by atoms with Gasteiger partial charge in [-0.3, -0.25) is 9.69 Å². The monoisotopic (exact) mass is 290 g/mol. The Morgan fingerprint density at radius 3 is 2.67 bits per heavy atom. The van der Waals surface area contributed by atoms with Gasteiger partial charge in [0.15, 0.2) is 0 Å². The molecule has 0 spiro atoms. The number of amides is 1. The van der Waals surface area contributed by atoms with Crippen molar-refractivity contribution in [1.29, 1.82) is 0 Å². The van der Waals surface area contributed by atoms with Gasteiger partial charge < -0.3 is 10.1 Å². The topological polar surface area (TPSA) is 58.6 Å². The average Bonchev–Trinajstić information content (AvgIpc) is 2.93. The van der Waals surface area contributed by atoms with E-state index < -0.39 is 12.0 Å². The summed E-state index contributed by atoms with van der Waals surface area (Å²) in [6, 6.07) is 8.83. The largest absolute Gasteiger partial charge is 0.467 e. The molecule has 0 bridgehead atoms. The molecular formula is C16H22N2O3. The van der Waals surface area contributed by atoms with E-state index in [-0.39, 0.29) is 11.9 Å². The summed E-state index contributed by atoms with van der Waals surface area (Å²) >= 11 is 0. The van der Waals surface area contributed by atoms with E-state index in [1.165, 1.54) is 7.11 Å². The number of nitrogens with one attached hydrogen (secondary N) is 1. The minimum atomic E-state index is -0.640. The highest BCUT2D eigenvalue weighted by Crippen LogP contribution is 2.15. The van der Waals surface area contributed by atoms with E-state index in [1.807, 2.05) is 42.3 Å². The molecule has 1 N–H and O–H groups in total. The highest BCUT2D eigenvalue weighted by Gasteiger charge is 2.31. The van der Waals surface area contributed by atoms with E-state index in [9.17, 15) is 9.59 Å². The van der Waals surface area contributed by atoms with Crippen LogP contribution in [0.5, 0.6) is 0 Å². The number of hydrogen-bond acceptors (Lipinski definition) is 4. The highest BCUT2D eigenvalue weighted by atomic mass is 16.5. The van der Waals surface area contributed by atoms with Gasteiger partial charge in [-0.15, -0.1) is 0 Å². The quantitative estimate of drug-likeness (QED) is 0.821. The molecule has 114 valence electrons. The first-order valence-electron chi connectivity index (χ1n) is 7.24. The van der Waals surface area contributed by atoms with Crippen molar-refractivity contribution in [2.75, 3.05) is 20.7 Å². The van der Waals surface area contributed by atoms with Crippen LogP contribution >= 0.6 is 0 Å². The molecule has 2 atom stereocenters. The molecule has 5 nitrogen and oxygen atoms in total. The molecule has 5 heteroatoms. The number of likely N-dealkylation sites (tertiary alicyclic amines) is 1. The molecule has 2 rings (SSSR count). The van der Waals surface area contributed by atoms with E-state index in [2.05, 4.69) is 5.32 Å². The molecular weight excluding hydrogens is 268 g/mol. The summed E-state index contributed by atoms with van der Waals surface area (Å²) in [6.07, 6.45) is 2.29. The van der Waals surface area contributed by atoms with E-state index in [4.69, 9.17) is 4.74 Å². The van der Waals surface area contributed by atoms with Crippen LogP contribution in [0.2, 0.25) is 0 Å². The second-order valence-corrected chi connectivity index (χ2v) is 5.41. The third-order valence-electron chi connectivity index (χ3n) is 3.91. The molecule has 21 heavy (non-hydrogen) atoms. The molecule has 1 amide bonds. The third-order valence-corrected chi connectivity index (χ3v) is 3.91. The number of rotatable bonds is 5. The summed E-state index contributed by atoms with van der Waals surface area (Å²) in [5.74, 6) is -0.505. The van der Waals surface area contributed by atoms with Gasteiger partial charge in [-0.1, -0.05) is 30.3 Å². The Morgan fingerprint density at radius 2 is 2.10 bits per heavy atom. The summed E-state index contributed by atoms with van der Waals surface area (Å²) in [7, 11) is 3.27. The molecule has 1 fully saturated rings. The summed E-state index contributed by atoms with van der Waals surface area (Å²) in [4.78, 5) is 26.2. The fourth-order valence-corrected chi connectivity index (χ4v) is 2.69. The Hall–Kier alpha value is -1.88. The van der Waals surface area contributed by atoms with Crippen LogP contribution < -0.4 is 5.32 Å². The van der Waals surface area contributed by atoms with Crippen LogP contribution in [-0.4, -0.2) is 49.6 Å². The molecule has 0 aromatic heterocycles. The first kappa shape index (κ1) is 15.5. The smallest absolute Gasteiger partial charge is 0.328 e. The Balaban J connectivity index is 2.02. The van der Waals surface area contributed by atoms with Crippen LogP contribution in [0.1, 0.15) is 18.4 Å². The van der Waals surface area contributed by atoms with Gasteiger partial charge in [-0.2, -0.15) is 0 Å². The summed E-state index contributed by atoms with van der Waals surface area (Å²) in [5, 5.41) is 2.83. The first-order valence-corrected chi connectivity index (χ1v) is 7.24. The van der Waals surface area contributed by atoms with Crippen molar-refractivity contribution in [1.82, 2.24) is 10.2 Å². The number of hydrogen-bond donors (Lipinski definition) is 1. The molecule has 1 aromatic rings. The highest BCUT2D eigenvalue weighted by molar-refractivity contribution is 5.87. The summed E-state index contributed by atoms with van der Waals surface area (Å²) in [6.45, 7) is 0.916. The van der Waals surface area contributed by atoms with Gasteiger partial charge in [0.2, 0.25) is 5.91 Å². The van der Waals surface area contributed by atoms with Crippen LogP contribution in [0.25, 0.3) is 0 Å². The Morgan fingerprint density at radius 1 is 1.38 bits per heavy atom. The molecule has 1 aromatic carbocycles. The van der Waals surface area contributed by atoms with E-state index in [1.54, 1.807) is 0 Å². The van der Waals surface area contributed by atoms with Crippen LogP contribution in [0.3, 0.4) is 0 Å². The van der Waals surface area contributed by atoms with Crippen molar-refractivity contribution < 1.29 is 14.3 Å². The fourth-order valence-electron chi connectivity index (χ4n) is 2.69. The minimum Gasteiger partial charge on any atom is -0.467 e. The van der Waals surface area contributed by atoms with E-state index in [0.29, 0.717) is 6.42 Å². The second kappa shape index (κ2) is 7.22. The van der Waals surface area contributed by atoms with Gasteiger partial charge in [0.05, 0.1) is 13.2 Å². The zero-order valence-corrected chi connectivity index (χ0v) is 12.5. The average molecular weight is 290 g/mol. The maximum absolute atomic E-state index is 12.3. The molecule has 1 saturated heterocycles. The van der Waals surface area contributed by atoms with Gasteiger partial charge in [0, 0.05) is 6.42 Å². The lowest BCUT2D eigenvalue weighted by Gasteiger charge is -2.22. The number of benzene rings is 1. The van der Waals surface area contributed by atoms with Crippen LogP contribution in [-0.2, 0) is 20.7 Å². The van der Waals surface area contributed by atoms with E-state index >= 15 is 0 Å². The Bertz CT molecular complexity index is 490. The van der Waals surface area contributed by atoms with Crippen molar-refractivity contribution >= 4 is 11.9 Å². The molecule has 0 saturated carbocycles. The lowest BCUT2D eigenvalue weighted by atomic mass is 10.1. The fraction of sp³-hybridized carbons (Fsp3) is 0.500. The number of nitrogens with zero attached hydrogens (tertiary/aromatic N) is 1. The summed E-state index contributed by atoms with van der Waals surface area (Å²) < 4.78 is 4.81. The molecule has 1 aliphatic rings. The molecule has 1 heterocycles. The van der Waals surface area contributed by atoms with Gasteiger partial charge in [0.1, 0.15) is 6.04 Å². The lowest BCUT2D eigenvalue weighted by Crippen LogP contribution is -2.49. The van der Waals surface area contributed by atoms with Crippen LogP contribution in [0.4, 0.5) is 0 Å². The van der Waals surface area contributed by atoms with Gasteiger partial charge in [-0.25, -0.2) is 4.79 Å². The summed E-state index contributed by atoms with van der Waals surface area (Å²) in [5.41, 5.74) is 0.993. The number of carbonyl (C=O) groups excluding carboxylic acids is 2. The maximum atomic E-state index is 12.3. The zero-order valence-electron chi connectivity index (χ0n) is 12.5. The normalized spacial score (nSPS) is 20.0. The van der Waals surface area contributed by atoms with Crippen molar-refractivity contribution in [3.63, 3.8) is 0 Å². The molecule has 0 aliphatic carbocycles. The van der Waals surface area contributed by atoms with Gasteiger partial charge in [0.25, 0.3) is 0 Å². The predicted molar refractivity (Wildman–Crippen MR) is 79.7 cm³/mol. The SMILES string of the molecule is COC(=O)C(Cc1ccccc1)NC(=O)[C@@H]1CCCN1C. The number of carbonyl (C=O) groups is 2. The van der Waals surface area contributed by atoms with Crippen LogP contribution in [0, 0.1) is 0 Å². The zero-order chi connectivity index (χ0) is 15.2. The molecule has 1 unspecified atom stereocenters. The standard InChI is InChI=1S/C16H22N2O3/c1-18-10-6-9-14(18)15(19)17-13(16(20)21-2)11-12-7-4-3-5-8-12/h3-5,7-8,13-14H,6,9-11H2,1-2H3,(H,17,19)/t13?,14-/m0/s1. The van der Waals surface area contributed by atoms with Crippen molar-refractivity contribution in [3.05, 3.63) is 35.9 Å². The Kier molecular flexibility index (Phi) is 5.33. The number of methoxy groups -OCH3 is 1. The van der Waals surface area contributed by atoms with Crippen LogP contribution in [0.15, 0.2) is 30.3 Å². The number of esters is 1. The first-order chi connectivity index (χ1) is 10.1. The maximum Gasteiger partial charge on any atom is 0.328 e. The molecule has 1 aliphatic heterocycles. The lowest BCUT2D eigenvalue weighted by molar-refractivity contribution is -0.145. The van der Waals surface area contributed by atoms with Crippen molar-refractivity contribution in [3.8, 4) is 0 Å². The van der Waals surface area contributed by atoms with Crippen molar-refractivity contribution in [2.24, 2.45) is 0 Å². The minimum absolute atomic E-state index is 0.0960. The second-order valence-electron chi connectivity index (χ2n) is 5.41. The third kappa shape index (κ3) is 4.04. The van der Waals surface area contributed by atoms with Gasteiger partial charge in [-0.05, 0) is 32.0 Å². The molecule has 0 radical (unpaired) electrons. The van der Waals surface area contributed by atoms with Gasteiger partial charge >= 0.3 is 5.97 Å². The number of ether oxygens (including phenoxy) is 1.